The summed E-state index contributed by atoms with van der Waals surface area (Å²) in [5.74, 6) is -0.954. The SMILES string of the molecule is Cn1ccc(-c2nc(N)c(C(=O)NCc3ccc(F)cc3)nc2-c2cc(Cl)c3ncoc3c2)n1. The number of hydrogen-bond donors (Lipinski definition) is 2. The number of nitrogens with two attached hydrogens (primary N) is 1. The highest BCUT2D eigenvalue weighted by molar-refractivity contribution is 6.35. The predicted octanol–water partition coefficient (Wildman–Crippen LogP) is 3.99. The number of aromatic nitrogens is 5. The summed E-state index contributed by atoms with van der Waals surface area (Å²) in [6.45, 7) is 0.160. The van der Waals surface area contributed by atoms with Crippen LogP contribution in [0.25, 0.3) is 33.7 Å². The summed E-state index contributed by atoms with van der Waals surface area (Å²) in [4.78, 5) is 26.0. The van der Waals surface area contributed by atoms with Crippen molar-refractivity contribution >= 4 is 34.4 Å². The van der Waals surface area contributed by atoms with Crippen LogP contribution in [0.3, 0.4) is 0 Å². The highest BCUT2D eigenvalue weighted by Crippen LogP contribution is 2.34. The van der Waals surface area contributed by atoms with Crippen molar-refractivity contribution < 1.29 is 13.6 Å². The van der Waals surface area contributed by atoms with Gasteiger partial charge in [-0.25, -0.2) is 19.3 Å². The van der Waals surface area contributed by atoms with E-state index < -0.39 is 5.91 Å². The number of amides is 1. The first-order valence-corrected chi connectivity index (χ1v) is 10.5. The van der Waals surface area contributed by atoms with E-state index in [0.717, 1.165) is 0 Å². The number of halogens is 2. The van der Waals surface area contributed by atoms with Gasteiger partial charge in [0.25, 0.3) is 5.91 Å². The van der Waals surface area contributed by atoms with Crippen molar-refractivity contribution in [3.05, 3.63) is 77.2 Å². The number of rotatable bonds is 5. The summed E-state index contributed by atoms with van der Waals surface area (Å²) < 4.78 is 20.2. The second-order valence-electron chi connectivity index (χ2n) is 7.50. The Morgan fingerprint density at radius 2 is 1.97 bits per heavy atom. The number of oxazole rings is 1. The molecule has 5 aromatic rings. The third-order valence-electron chi connectivity index (χ3n) is 5.12. The number of nitrogens with one attached hydrogen (secondary N) is 1. The number of nitrogen functional groups attached to an aromatic ring is 1. The fourth-order valence-electron chi connectivity index (χ4n) is 3.47. The van der Waals surface area contributed by atoms with E-state index in [0.29, 0.717) is 44.3 Å². The van der Waals surface area contributed by atoms with E-state index in [1.165, 1.54) is 18.5 Å². The van der Waals surface area contributed by atoms with Gasteiger partial charge in [-0.2, -0.15) is 5.10 Å². The first-order valence-electron chi connectivity index (χ1n) is 10.1. The standard InChI is InChI=1S/C23H17ClFN7O2/c1-32-7-6-16(31-32)20-18(13-8-15(24)19-17(9-13)34-11-28-19)29-21(22(26)30-20)23(33)27-10-12-2-4-14(25)5-3-12/h2-9,11H,10H2,1H3,(H2,26,30)(H,27,33). The maximum atomic E-state index is 13.1. The Morgan fingerprint density at radius 1 is 1.18 bits per heavy atom. The van der Waals surface area contributed by atoms with Crippen LogP contribution in [0, 0.1) is 5.82 Å². The van der Waals surface area contributed by atoms with Gasteiger partial charge in [-0.15, -0.1) is 0 Å². The Morgan fingerprint density at radius 3 is 2.71 bits per heavy atom. The zero-order chi connectivity index (χ0) is 23.8. The summed E-state index contributed by atoms with van der Waals surface area (Å²) in [6, 6.07) is 10.9. The lowest BCUT2D eigenvalue weighted by Gasteiger charge is -2.12. The molecule has 0 radical (unpaired) electrons. The summed E-state index contributed by atoms with van der Waals surface area (Å²) >= 11 is 6.40. The Bertz CT molecular complexity index is 1530. The normalized spacial score (nSPS) is 11.1. The molecule has 2 aromatic carbocycles. The van der Waals surface area contributed by atoms with Crippen LogP contribution >= 0.6 is 11.6 Å². The van der Waals surface area contributed by atoms with Crippen molar-refractivity contribution in [3.8, 4) is 22.6 Å². The smallest absolute Gasteiger partial charge is 0.274 e. The number of fused-ring (bicyclic) bond motifs is 1. The average molecular weight is 478 g/mol. The van der Waals surface area contributed by atoms with Gasteiger partial charge in [-0.1, -0.05) is 23.7 Å². The van der Waals surface area contributed by atoms with Crippen LogP contribution < -0.4 is 11.1 Å². The highest BCUT2D eigenvalue weighted by atomic mass is 35.5. The van der Waals surface area contributed by atoms with E-state index in [1.807, 2.05) is 0 Å². The predicted molar refractivity (Wildman–Crippen MR) is 124 cm³/mol. The van der Waals surface area contributed by atoms with Gasteiger partial charge >= 0.3 is 0 Å². The lowest BCUT2D eigenvalue weighted by atomic mass is 10.1. The van der Waals surface area contributed by atoms with Gasteiger partial charge in [-0.05, 0) is 35.9 Å². The molecule has 0 bridgehead atoms. The van der Waals surface area contributed by atoms with E-state index in [9.17, 15) is 9.18 Å². The number of benzene rings is 2. The molecular weight excluding hydrogens is 461 g/mol. The van der Waals surface area contributed by atoms with E-state index in [4.69, 9.17) is 21.8 Å². The molecule has 0 saturated carbocycles. The number of carbonyl (C=O) groups is 1. The monoisotopic (exact) mass is 477 g/mol. The third-order valence-corrected chi connectivity index (χ3v) is 5.41. The Hall–Kier alpha value is -4.31. The van der Waals surface area contributed by atoms with Gasteiger partial charge in [0.05, 0.1) is 10.7 Å². The van der Waals surface area contributed by atoms with Crippen LogP contribution in [0.1, 0.15) is 16.1 Å². The fourth-order valence-corrected chi connectivity index (χ4v) is 3.73. The molecule has 0 spiro atoms. The number of hydrogen-bond acceptors (Lipinski definition) is 7. The maximum absolute atomic E-state index is 13.1. The van der Waals surface area contributed by atoms with Crippen molar-refractivity contribution in [3.63, 3.8) is 0 Å². The van der Waals surface area contributed by atoms with Crippen LogP contribution in [0.2, 0.25) is 5.02 Å². The molecule has 3 N–H and O–H groups in total. The average Bonchev–Trinajstić information content (AvgIpc) is 3.47. The zero-order valence-electron chi connectivity index (χ0n) is 17.8. The molecule has 9 nitrogen and oxygen atoms in total. The first-order chi connectivity index (χ1) is 16.4. The van der Waals surface area contributed by atoms with Gasteiger partial charge in [0, 0.05) is 25.4 Å². The highest BCUT2D eigenvalue weighted by Gasteiger charge is 2.22. The van der Waals surface area contributed by atoms with Crippen LogP contribution in [-0.4, -0.2) is 30.6 Å². The van der Waals surface area contributed by atoms with Crippen LogP contribution in [0.15, 0.2) is 59.5 Å². The number of carbonyl (C=O) groups excluding carboxylic acids is 1. The molecule has 170 valence electrons. The van der Waals surface area contributed by atoms with Gasteiger partial charge in [0.2, 0.25) is 0 Å². The molecule has 3 heterocycles. The van der Waals surface area contributed by atoms with Crippen LogP contribution in [0.5, 0.6) is 0 Å². The molecule has 0 aliphatic rings. The van der Waals surface area contributed by atoms with Gasteiger partial charge < -0.3 is 15.5 Å². The molecule has 0 aliphatic heterocycles. The van der Waals surface area contributed by atoms with Crippen molar-refractivity contribution in [1.82, 2.24) is 30.0 Å². The lowest BCUT2D eigenvalue weighted by molar-refractivity contribution is 0.0946. The topological polar surface area (TPSA) is 125 Å². The van der Waals surface area contributed by atoms with Crippen LogP contribution in [-0.2, 0) is 13.6 Å². The minimum absolute atomic E-state index is 0.0622. The molecule has 0 aliphatic carbocycles. The largest absolute Gasteiger partial charge is 0.443 e. The Kier molecular flexibility index (Phi) is 5.42. The van der Waals surface area contributed by atoms with Crippen molar-refractivity contribution in [2.45, 2.75) is 6.54 Å². The zero-order valence-corrected chi connectivity index (χ0v) is 18.5. The van der Waals surface area contributed by atoms with Gasteiger partial charge in [0.1, 0.15) is 22.7 Å². The molecule has 11 heteroatoms. The molecular formula is C23H17ClFN7O2. The lowest BCUT2D eigenvalue weighted by Crippen LogP contribution is -2.26. The second-order valence-corrected chi connectivity index (χ2v) is 7.90. The third kappa shape index (κ3) is 4.06. The van der Waals surface area contributed by atoms with E-state index in [-0.39, 0.29) is 23.9 Å². The maximum Gasteiger partial charge on any atom is 0.274 e. The summed E-state index contributed by atoms with van der Waals surface area (Å²) in [5, 5.41) is 7.49. The first kappa shape index (κ1) is 21.5. The van der Waals surface area contributed by atoms with Crippen molar-refractivity contribution in [1.29, 1.82) is 0 Å². The van der Waals surface area contributed by atoms with Crippen molar-refractivity contribution in [2.24, 2.45) is 7.05 Å². The molecule has 0 fully saturated rings. The second kappa shape index (κ2) is 8.56. The van der Waals surface area contributed by atoms with Crippen molar-refractivity contribution in [2.75, 3.05) is 5.73 Å². The molecule has 34 heavy (non-hydrogen) atoms. The molecule has 0 atom stereocenters. The van der Waals surface area contributed by atoms with Gasteiger partial charge in [0.15, 0.2) is 23.5 Å². The molecule has 0 saturated heterocycles. The Labute approximate surface area is 197 Å². The number of aryl methyl sites for hydroxylation is 1. The van der Waals surface area contributed by atoms with E-state index in [2.05, 4.69) is 25.4 Å². The van der Waals surface area contributed by atoms with E-state index in [1.54, 1.807) is 48.3 Å². The minimum Gasteiger partial charge on any atom is -0.443 e. The minimum atomic E-state index is -0.532. The summed E-state index contributed by atoms with van der Waals surface area (Å²) in [5.41, 5.74) is 9.54. The molecule has 0 unspecified atom stereocenters. The number of nitrogens with zero attached hydrogens (tertiary/aromatic N) is 5. The number of anilines is 1. The molecule has 5 rings (SSSR count). The van der Waals surface area contributed by atoms with E-state index >= 15 is 0 Å². The quantitative estimate of drug-likeness (QED) is 0.392. The fraction of sp³-hybridized carbons (Fsp3) is 0.0870. The summed E-state index contributed by atoms with van der Waals surface area (Å²) in [7, 11) is 1.77. The molecule has 1 amide bonds. The summed E-state index contributed by atoms with van der Waals surface area (Å²) in [6.07, 6.45) is 3.05. The Balaban J connectivity index is 1.58. The van der Waals surface area contributed by atoms with Gasteiger partial charge in [-0.3, -0.25) is 9.48 Å². The van der Waals surface area contributed by atoms with Crippen LogP contribution in [0.4, 0.5) is 10.2 Å². The molecule has 3 aromatic heterocycles.